The van der Waals surface area contributed by atoms with Crippen LogP contribution in [0.1, 0.15) is 45.9 Å². The van der Waals surface area contributed by atoms with Gasteiger partial charge in [-0.25, -0.2) is 0 Å². The summed E-state index contributed by atoms with van der Waals surface area (Å²) < 4.78 is 28.7. The number of anilines is 1. The highest BCUT2D eigenvalue weighted by molar-refractivity contribution is 7.87. The average molecular weight is 767 g/mol. The molecule has 3 aromatic rings. The Balaban J connectivity index is 0.833. The second-order valence-electron chi connectivity index (χ2n) is 12.6. The van der Waals surface area contributed by atoms with Gasteiger partial charge in [0.15, 0.2) is 0 Å². The number of rotatable bonds is 15. The van der Waals surface area contributed by atoms with Gasteiger partial charge in [0.25, 0.3) is 10.8 Å². The number of imide groups is 1. The van der Waals surface area contributed by atoms with Crippen molar-refractivity contribution in [3.05, 3.63) is 100 Å². The predicted molar refractivity (Wildman–Crippen MR) is 201 cm³/mol. The fourth-order valence-corrected chi connectivity index (χ4v) is 7.92. The summed E-state index contributed by atoms with van der Waals surface area (Å²) in [5.41, 5.74) is 4.60. The van der Waals surface area contributed by atoms with Crippen LogP contribution in [0.15, 0.2) is 72.8 Å². The Morgan fingerprint density at radius 3 is 2.46 bits per heavy atom. The Kier molecular flexibility index (Phi) is 13.8. The van der Waals surface area contributed by atoms with Crippen molar-refractivity contribution < 1.29 is 32.4 Å². The molecule has 6 rings (SSSR count). The number of halogens is 1. The molecule has 2 N–H and O–H groups in total. The fourth-order valence-electron chi connectivity index (χ4n) is 6.72. The number of nitrogens with one attached hydrogen (secondary N) is 2. The number of fused-ring (bicyclic) bond motifs is 1. The molecule has 3 aliphatic rings. The molecule has 3 aliphatic heterocycles. The van der Waals surface area contributed by atoms with Crippen molar-refractivity contribution in [2.45, 2.75) is 31.5 Å². The molecule has 0 spiro atoms. The van der Waals surface area contributed by atoms with Crippen LogP contribution in [-0.4, -0.2) is 104 Å². The summed E-state index contributed by atoms with van der Waals surface area (Å²) in [7, 11) is -2.14. The second-order valence-corrected chi connectivity index (χ2v) is 14.9. The molecule has 274 valence electrons. The molecular formula is C37H42ClN5O7PS+. The van der Waals surface area contributed by atoms with E-state index in [0.29, 0.717) is 31.7 Å². The Bertz CT molecular complexity index is 1800. The third-order valence-electron chi connectivity index (χ3n) is 9.31. The Morgan fingerprint density at radius 2 is 1.69 bits per heavy atom. The maximum absolute atomic E-state index is 13.0. The number of ether oxygens (including phenoxy) is 1. The van der Waals surface area contributed by atoms with E-state index in [4.69, 9.17) is 25.0 Å². The molecule has 3 atom stereocenters. The molecule has 3 aromatic carbocycles. The van der Waals surface area contributed by atoms with E-state index in [9.17, 15) is 18.9 Å². The zero-order chi connectivity index (χ0) is 36.3. The van der Waals surface area contributed by atoms with E-state index in [1.807, 2.05) is 24.3 Å². The van der Waals surface area contributed by atoms with Crippen LogP contribution in [0.3, 0.4) is 0 Å². The van der Waals surface area contributed by atoms with Gasteiger partial charge in [-0.15, -0.1) is 4.52 Å². The Morgan fingerprint density at radius 1 is 0.923 bits per heavy atom. The van der Waals surface area contributed by atoms with Gasteiger partial charge in [0.1, 0.15) is 12.6 Å². The third kappa shape index (κ3) is 10.0. The highest BCUT2D eigenvalue weighted by atomic mass is 35.5. The topological polar surface area (TPSA) is 130 Å². The number of amides is 3. The highest BCUT2D eigenvalue weighted by Gasteiger charge is 2.39. The van der Waals surface area contributed by atoms with Crippen molar-refractivity contribution in [1.29, 1.82) is 0 Å². The molecule has 0 radical (unpaired) electrons. The largest absolute Gasteiger partial charge is 0.608 e. The summed E-state index contributed by atoms with van der Waals surface area (Å²) in [5.74, 6) is -0.984. The smallest absolute Gasteiger partial charge is 0.382 e. The summed E-state index contributed by atoms with van der Waals surface area (Å²) in [6, 6.07) is 23.6. The first-order chi connectivity index (χ1) is 25.4. The molecule has 2 saturated heterocycles. The van der Waals surface area contributed by atoms with Crippen LogP contribution in [0.2, 0.25) is 5.02 Å². The number of piperazine rings is 1. The quantitative estimate of drug-likeness (QED) is 0.0913. The van der Waals surface area contributed by atoms with E-state index in [2.05, 4.69) is 61.8 Å². The summed E-state index contributed by atoms with van der Waals surface area (Å²) >= 11 is 7.01. The molecule has 0 aromatic heterocycles. The molecule has 12 nitrogen and oxygen atoms in total. The van der Waals surface area contributed by atoms with E-state index in [1.54, 1.807) is 12.1 Å². The molecule has 3 amide bonds. The minimum atomic E-state index is -2.14. The maximum atomic E-state index is 13.0. The zero-order valence-corrected chi connectivity index (χ0v) is 31.2. The minimum Gasteiger partial charge on any atom is -0.382 e. The van der Waals surface area contributed by atoms with Crippen LogP contribution in [-0.2, 0) is 34.1 Å². The van der Waals surface area contributed by atoms with Gasteiger partial charge >= 0.3 is 8.03 Å². The number of benzene rings is 3. The van der Waals surface area contributed by atoms with E-state index in [0.717, 1.165) is 60.4 Å². The van der Waals surface area contributed by atoms with Crippen molar-refractivity contribution in [3.63, 3.8) is 0 Å². The van der Waals surface area contributed by atoms with Crippen molar-refractivity contribution in [2.24, 2.45) is 0 Å². The monoisotopic (exact) mass is 766 g/mol. The van der Waals surface area contributed by atoms with E-state index in [-0.39, 0.29) is 44.0 Å². The van der Waals surface area contributed by atoms with Crippen LogP contribution in [0.5, 0.6) is 0 Å². The van der Waals surface area contributed by atoms with E-state index >= 15 is 0 Å². The number of piperidine rings is 1. The number of carbonyl (C=O) groups excluding carboxylic acids is 3. The molecule has 0 bridgehead atoms. The van der Waals surface area contributed by atoms with Gasteiger partial charge in [0.2, 0.25) is 11.8 Å². The first-order valence-corrected chi connectivity index (χ1v) is 19.7. The van der Waals surface area contributed by atoms with Crippen molar-refractivity contribution in [1.82, 2.24) is 20.0 Å². The molecule has 52 heavy (non-hydrogen) atoms. The van der Waals surface area contributed by atoms with E-state index in [1.165, 1.54) is 16.0 Å². The van der Waals surface area contributed by atoms with Crippen molar-refractivity contribution in [2.75, 3.05) is 71.0 Å². The van der Waals surface area contributed by atoms with Gasteiger partial charge in [-0.05, 0) is 46.4 Å². The van der Waals surface area contributed by atoms with Crippen LogP contribution < -0.4 is 10.6 Å². The Labute approximate surface area is 313 Å². The highest BCUT2D eigenvalue weighted by Crippen LogP contribution is 2.33. The molecule has 0 aliphatic carbocycles. The molecule has 3 unspecified atom stereocenters. The Hall–Kier alpha value is -3.74. The summed E-state index contributed by atoms with van der Waals surface area (Å²) in [6.45, 7) is 6.63. The van der Waals surface area contributed by atoms with Crippen molar-refractivity contribution >= 4 is 54.5 Å². The molecule has 15 heteroatoms. The first-order valence-electron chi connectivity index (χ1n) is 17.4. The van der Waals surface area contributed by atoms with Gasteiger partial charge in [0, 0.05) is 74.1 Å². The second kappa shape index (κ2) is 18.8. The van der Waals surface area contributed by atoms with Crippen LogP contribution in [0, 0.1) is 4.93 Å². The molecule has 0 saturated carbocycles. The van der Waals surface area contributed by atoms with E-state index < -0.39 is 20.0 Å². The van der Waals surface area contributed by atoms with Gasteiger partial charge in [-0.3, -0.25) is 33.7 Å². The number of nitrogens with zero attached hydrogens (tertiary/aromatic N) is 3. The van der Waals surface area contributed by atoms with Crippen LogP contribution in [0.25, 0.3) is 0 Å². The first kappa shape index (κ1) is 38.0. The minimum absolute atomic E-state index is 0.176. The lowest BCUT2D eigenvalue weighted by Gasteiger charge is -2.39. The van der Waals surface area contributed by atoms with Gasteiger partial charge in [-0.2, -0.15) is 0 Å². The molecule has 3 heterocycles. The lowest BCUT2D eigenvalue weighted by molar-refractivity contribution is -0.136. The summed E-state index contributed by atoms with van der Waals surface area (Å²) in [4.78, 5) is 45.9. The van der Waals surface area contributed by atoms with Gasteiger partial charge in [-0.1, -0.05) is 60.1 Å². The average Bonchev–Trinajstić information content (AvgIpc) is 3.49. The lowest BCUT2D eigenvalue weighted by Crippen LogP contribution is -2.52. The number of hydrogen-bond donors (Lipinski definition) is 2. The predicted octanol–water partition coefficient (Wildman–Crippen LogP) is 5.28. The standard InChI is InChI=1S/C37H41ClN5O7PS/c38-29-11-9-28(10-12-29)35(27-5-2-1-3-6-27)42-18-16-41(17-19-42)20-22-48-23-24-49-51(47)26-52-50-21-15-39-32-8-4-7-30-31(32)25-43(37(30)46)33-13-14-34(44)40-36(33)45/h1-12,33,35,39H,13-25H2/p+1. The zero-order valence-electron chi connectivity index (χ0n) is 28.7. The molecular weight excluding hydrogens is 725 g/mol. The van der Waals surface area contributed by atoms with Gasteiger partial charge in [0.05, 0.1) is 37.3 Å². The number of hydrogen-bond acceptors (Lipinski definition) is 10. The maximum Gasteiger partial charge on any atom is 0.608 e. The third-order valence-corrected chi connectivity index (χ3v) is 11.2. The number of carbonyl (C=O) groups is 3. The normalized spacial score (nSPS) is 18.8. The van der Waals surface area contributed by atoms with Crippen LogP contribution in [0.4, 0.5) is 5.69 Å². The fraction of sp³-hybridized carbons (Fsp3) is 0.405. The molecule has 2 fully saturated rings. The lowest BCUT2D eigenvalue weighted by atomic mass is 9.96. The van der Waals surface area contributed by atoms with Crippen LogP contribution >= 0.6 is 31.1 Å². The van der Waals surface area contributed by atoms with Gasteiger partial charge < -0.3 is 15.0 Å². The summed E-state index contributed by atoms with van der Waals surface area (Å²) in [5, 5.41) is 6.32. The summed E-state index contributed by atoms with van der Waals surface area (Å²) in [6.07, 6.45) is 0.518. The SMILES string of the molecule is O=C1CCC(N2Cc3c(NCCOS#C[P+](=O)OCCOCCN4CCN(C(c5ccccc5)c5ccc(Cl)cc5)CC4)cccc3C2=O)C(=O)N1. The van der Waals surface area contributed by atoms with Crippen molar-refractivity contribution in [3.8, 4) is 4.93 Å².